The lowest BCUT2D eigenvalue weighted by Crippen LogP contribution is -2.17. The fraction of sp³-hybridized carbons (Fsp3) is 0.214. The highest BCUT2D eigenvalue weighted by Crippen LogP contribution is 2.28. The molecule has 0 saturated carbocycles. The van der Waals surface area contributed by atoms with E-state index in [1.54, 1.807) is 12.4 Å². The van der Waals surface area contributed by atoms with E-state index in [0.29, 0.717) is 0 Å². The van der Waals surface area contributed by atoms with Gasteiger partial charge in [0.05, 0.1) is 0 Å². The molecule has 2 unspecified atom stereocenters. The van der Waals surface area contributed by atoms with Gasteiger partial charge < -0.3 is 5.73 Å². The molecule has 1 aromatic heterocycles. The highest BCUT2D eigenvalue weighted by Gasteiger charge is 2.16. The first-order valence-electron chi connectivity index (χ1n) is 5.59. The summed E-state index contributed by atoms with van der Waals surface area (Å²) in [5, 5.41) is 0. The van der Waals surface area contributed by atoms with Gasteiger partial charge in [0.25, 0.3) is 0 Å². The lowest BCUT2D eigenvalue weighted by atomic mass is 9.90. The van der Waals surface area contributed by atoms with E-state index in [2.05, 4.69) is 40.0 Å². The minimum absolute atomic E-state index is 0.00509. The van der Waals surface area contributed by atoms with Crippen molar-refractivity contribution < 1.29 is 0 Å². The molecule has 0 amide bonds. The van der Waals surface area contributed by atoms with Gasteiger partial charge in [0, 0.05) is 28.8 Å². The van der Waals surface area contributed by atoms with E-state index in [0.717, 1.165) is 10.0 Å². The zero-order valence-corrected chi connectivity index (χ0v) is 11.3. The van der Waals surface area contributed by atoms with Crippen molar-refractivity contribution in [2.24, 2.45) is 5.73 Å². The van der Waals surface area contributed by atoms with Crippen LogP contribution < -0.4 is 5.73 Å². The van der Waals surface area contributed by atoms with Crippen molar-refractivity contribution in [2.75, 3.05) is 0 Å². The van der Waals surface area contributed by atoms with Crippen molar-refractivity contribution in [2.45, 2.75) is 18.9 Å². The molecule has 17 heavy (non-hydrogen) atoms. The molecule has 0 fully saturated rings. The Kier molecular flexibility index (Phi) is 3.92. The van der Waals surface area contributed by atoms with Crippen LogP contribution in [-0.4, -0.2) is 4.98 Å². The molecule has 0 radical (unpaired) electrons. The Morgan fingerprint density at radius 3 is 2.18 bits per heavy atom. The van der Waals surface area contributed by atoms with Gasteiger partial charge in [-0.15, -0.1) is 0 Å². The van der Waals surface area contributed by atoms with Crippen LogP contribution in [0, 0.1) is 0 Å². The maximum absolute atomic E-state index is 6.28. The van der Waals surface area contributed by atoms with Gasteiger partial charge in [-0.25, -0.2) is 0 Å². The van der Waals surface area contributed by atoms with E-state index in [-0.39, 0.29) is 12.0 Å². The standard InChI is InChI=1S/C14H15BrN2/c1-10(11-6-8-17-9-7-11)14(16)12-2-4-13(15)5-3-12/h2-10,14H,16H2,1H3. The molecule has 2 rings (SSSR count). The van der Waals surface area contributed by atoms with Crippen LogP contribution in [0.1, 0.15) is 30.0 Å². The fourth-order valence-electron chi connectivity index (χ4n) is 1.85. The average Bonchev–Trinajstić information content (AvgIpc) is 2.39. The maximum Gasteiger partial charge on any atom is 0.0361 e. The zero-order chi connectivity index (χ0) is 12.3. The van der Waals surface area contributed by atoms with Crippen LogP contribution >= 0.6 is 15.9 Å². The summed E-state index contributed by atoms with van der Waals surface area (Å²) in [5.41, 5.74) is 8.65. The van der Waals surface area contributed by atoms with Crippen molar-refractivity contribution in [3.63, 3.8) is 0 Å². The van der Waals surface area contributed by atoms with Crippen LogP contribution in [0.3, 0.4) is 0 Å². The summed E-state index contributed by atoms with van der Waals surface area (Å²) in [6.07, 6.45) is 3.61. The predicted octanol–water partition coefficient (Wildman–Crippen LogP) is 3.65. The third kappa shape index (κ3) is 2.93. The molecule has 0 aliphatic heterocycles. The van der Waals surface area contributed by atoms with Crippen molar-refractivity contribution in [1.82, 2.24) is 4.98 Å². The molecule has 88 valence electrons. The number of pyridine rings is 1. The molecule has 2 atom stereocenters. The molecule has 3 heteroatoms. The summed E-state index contributed by atoms with van der Waals surface area (Å²) in [6, 6.07) is 12.2. The summed E-state index contributed by atoms with van der Waals surface area (Å²) >= 11 is 3.43. The molecule has 2 aromatic rings. The van der Waals surface area contributed by atoms with E-state index in [9.17, 15) is 0 Å². The van der Waals surface area contributed by atoms with Gasteiger partial charge in [-0.3, -0.25) is 4.98 Å². The Bertz CT molecular complexity index is 467. The molecule has 2 nitrogen and oxygen atoms in total. The molecule has 0 aliphatic carbocycles. The lowest BCUT2D eigenvalue weighted by Gasteiger charge is -2.20. The van der Waals surface area contributed by atoms with E-state index < -0.39 is 0 Å². The smallest absolute Gasteiger partial charge is 0.0361 e. The third-order valence-electron chi connectivity index (χ3n) is 3.03. The Morgan fingerprint density at radius 2 is 1.59 bits per heavy atom. The summed E-state index contributed by atoms with van der Waals surface area (Å²) in [7, 11) is 0. The average molecular weight is 291 g/mol. The normalized spacial score (nSPS) is 14.3. The van der Waals surface area contributed by atoms with Crippen molar-refractivity contribution >= 4 is 15.9 Å². The number of aromatic nitrogens is 1. The first-order valence-corrected chi connectivity index (χ1v) is 6.39. The van der Waals surface area contributed by atoms with Crippen LogP contribution in [0.15, 0.2) is 53.3 Å². The number of nitrogens with two attached hydrogens (primary N) is 1. The summed E-state index contributed by atoms with van der Waals surface area (Å²) in [4.78, 5) is 4.02. The molecule has 2 N–H and O–H groups in total. The Morgan fingerprint density at radius 1 is 1.00 bits per heavy atom. The first kappa shape index (κ1) is 12.3. The quantitative estimate of drug-likeness (QED) is 0.937. The Labute approximate surface area is 110 Å². The molecule has 1 aromatic carbocycles. The Hall–Kier alpha value is -1.19. The highest BCUT2D eigenvalue weighted by molar-refractivity contribution is 9.10. The molecule has 0 spiro atoms. The van der Waals surface area contributed by atoms with E-state index in [1.807, 2.05) is 24.3 Å². The van der Waals surface area contributed by atoms with Gasteiger partial charge in [0.1, 0.15) is 0 Å². The minimum atomic E-state index is 0.00509. The van der Waals surface area contributed by atoms with Gasteiger partial charge in [0.2, 0.25) is 0 Å². The van der Waals surface area contributed by atoms with Crippen LogP contribution in [0.2, 0.25) is 0 Å². The van der Waals surface area contributed by atoms with Crippen molar-refractivity contribution in [3.05, 3.63) is 64.4 Å². The predicted molar refractivity (Wildman–Crippen MR) is 73.7 cm³/mol. The lowest BCUT2D eigenvalue weighted by molar-refractivity contribution is 0.597. The number of hydrogen-bond acceptors (Lipinski definition) is 2. The minimum Gasteiger partial charge on any atom is -0.323 e. The van der Waals surface area contributed by atoms with Crippen LogP contribution in [0.4, 0.5) is 0 Å². The van der Waals surface area contributed by atoms with Crippen LogP contribution in [-0.2, 0) is 0 Å². The van der Waals surface area contributed by atoms with E-state index in [1.165, 1.54) is 5.56 Å². The number of halogens is 1. The zero-order valence-electron chi connectivity index (χ0n) is 9.68. The topological polar surface area (TPSA) is 38.9 Å². The van der Waals surface area contributed by atoms with Crippen molar-refractivity contribution in [3.8, 4) is 0 Å². The fourth-order valence-corrected chi connectivity index (χ4v) is 2.11. The molecule has 0 bridgehead atoms. The van der Waals surface area contributed by atoms with Crippen LogP contribution in [0.25, 0.3) is 0 Å². The second-order valence-corrected chi connectivity index (χ2v) is 5.06. The molecular weight excluding hydrogens is 276 g/mol. The third-order valence-corrected chi connectivity index (χ3v) is 3.55. The molecule has 0 aliphatic rings. The summed E-state index contributed by atoms with van der Waals surface area (Å²) < 4.78 is 1.07. The number of nitrogens with zero attached hydrogens (tertiary/aromatic N) is 1. The largest absolute Gasteiger partial charge is 0.323 e. The van der Waals surface area contributed by atoms with Gasteiger partial charge in [-0.1, -0.05) is 35.0 Å². The SMILES string of the molecule is CC(c1ccncc1)C(N)c1ccc(Br)cc1. The number of rotatable bonds is 3. The van der Waals surface area contributed by atoms with Crippen LogP contribution in [0.5, 0.6) is 0 Å². The second-order valence-electron chi connectivity index (χ2n) is 4.15. The summed E-state index contributed by atoms with van der Waals surface area (Å²) in [5.74, 6) is 0.277. The number of hydrogen-bond donors (Lipinski definition) is 1. The number of benzene rings is 1. The monoisotopic (exact) mass is 290 g/mol. The molecule has 0 saturated heterocycles. The van der Waals surface area contributed by atoms with Gasteiger partial charge in [-0.2, -0.15) is 0 Å². The maximum atomic E-state index is 6.28. The first-order chi connectivity index (χ1) is 8.18. The van der Waals surface area contributed by atoms with Gasteiger partial charge in [0.15, 0.2) is 0 Å². The van der Waals surface area contributed by atoms with E-state index >= 15 is 0 Å². The summed E-state index contributed by atoms with van der Waals surface area (Å²) in [6.45, 7) is 2.14. The Balaban J connectivity index is 2.20. The van der Waals surface area contributed by atoms with Gasteiger partial charge in [-0.05, 0) is 35.4 Å². The van der Waals surface area contributed by atoms with Crippen molar-refractivity contribution in [1.29, 1.82) is 0 Å². The molecule has 1 heterocycles. The second kappa shape index (κ2) is 5.43. The molecular formula is C14H15BrN2. The highest BCUT2D eigenvalue weighted by atomic mass is 79.9. The van der Waals surface area contributed by atoms with E-state index in [4.69, 9.17) is 5.73 Å². The van der Waals surface area contributed by atoms with Gasteiger partial charge >= 0.3 is 0 Å².